The van der Waals surface area contributed by atoms with Gasteiger partial charge >= 0.3 is 0 Å². The molecule has 13 heteroatoms. The first kappa shape index (κ1) is 48.4. The Hall–Kier alpha value is -3.94. The molecule has 7 atom stereocenters. The van der Waals surface area contributed by atoms with E-state index >= 15 is 0 Å². The third-order valence-electron chi connectivity index (χ3n) is 11.2. The van der Waals surface area contributed by atoms with E-state index < -0.39 is 18.2 Å². The van der Waals surface area contributed by atoms with Crippen LogP contribution in [0, 0.1) is 17.8 Å². The first-order valence-corrected chi connectivity index (χ1v) is 21.8. The van der Waals surface area contributed by atoms with Crippen LogP contribution in [0.1, 0.15) is 92.6 Å². The Morgan fingerprint density at radius 1 is 0.914 bits per heavy atom. The Balaban J connectivity index is 1.69. The number of rotatable bonds is 22. The number of nitrogens with one attached hydrogen (secondary N) is 3. The van der Waals surface area contributed by atoms with Crippen molar-refractivity contribution in [2.45, 2.75) is 134 Å². The molecule has 2 aromatic rings. The third-order valence-corrected chi connectivity index (χ3v) is 12.3. The molecule has 3 N–H and O–H groups in total. The van der Waals surface area contributed by atoms with Gasteiger partial charge < -0.3 is 30.5 Å². The zero-order chi connectivity index (χ0) is 43.1. The summed E-state index contributed by atoms with van der Waals surface area (Å²) in [4.78, 5) is 73.2. The van der Waals surface area contributed by atoms with Crippen molar-refractivity contribution >= 4 is 47.0 Å². The van der Waals surface area contributed by atoms with E-state index in [-0.39, 0.29) is 77.6 Å². The summed E-state index contributed by atoms with van der Waals surface area (Å²) >= 11 is 1.56. The first-order valence-electron chi connectivity index (χ1n) is 20.9. The van der Waals surface area contributed by atoms with Gasteiger partial charge in [-0.15, -0.1) is 11.8 Å². The molecule has 1 aliphatic heterocycles. The van der Waals surface area contributed by atoms with Crippen LogP contribution < -0.4 is 16.0 Å². The summed E-state index contributed by atoms with van der Waals surface area (Å²) in [6, 6.07) is 16.0. The van der Waals surface area contributed by atoms with Crippen molar-refractivity contribution in [2.75, 3.05) is 40.1 Å². The van der Waals surface area contributed by atoms with Crippen molar-refractivity contribution in [2.24, 2.45) is 17.8 Å². The molecule has 1 saturated heterocycles. The largest absolute Gasteiger partial charge is 0.379 e. The van der Waals surface area contributed by atoms with Crippen molar-refractivity contribution in [3.05, 3.63) is 60.2 Å². The predicted molar refractivity (Wildman–Crippen MR) is 233 cm³/mol. The Morgan fingerprint density at radius 3 is 2.12 bits per heavy atom. The van der Waals surface area contributed by atoms with Crippen LogP contribution in [0.4, 0.5) is 5.69 Å². The van der Waals surface area contributed by atoms with Crippen molar-refractivity contribution < 1.29 is 28.7 Å². The maximum absolute atomic E-state index is 14.2. The van der Waals surface area contributed by atoms with Crippen molar-refractivity contribution in [3.63, 3.8) is 0 Å². The molecule has 5 amide bonds. The number of benzene rings is 2. The minimum Gasteiger partial charge on any atom is -0.379 e. The standard InChI is InChI=1S/C45H70N6O6S/c1-12-31(6)43(50(10)45(56)41(29(2)3)48-44(55)42(30(4)5)49(8)9)37(57-11)28-40(54)51-26-16-19-35(51)22-25-38(53)47-39(27-33-17-14-13-15-18-33)58-36-23-20-34(21-24-36)46-32(7)52/h13-15,17-18,20-21,23-24,29-31,35,37,39,41-43H,12,16,19,22,25-28H2,1-11H3,(H,46,52)(H,47,53)(H,48,55). The molecule has 0 bridgehead atoms. The number of amides is 5. The van der Waals surface area contributed by atoms with Gasteiger partial charge in [-0.25, -0.2) is 0 Å². The predicted octanol–water partition coefficient (Wildman–Crippen LogP) is 6.20. The molecule has 0 aromatic heterocycles. The fraction of sp³-hybridized carbons (Fsp3) is 0.622. The van der Waals surface area contributed by atoms with E-state index in [0.717, 1.165) is 29.7 Å². The average molecular weight is 823 g/mol. The number of hydrogen-bond donors (Lipinski definition) is 3. The van der Waals surface area contributed by atoms with Crippen LogP contribution in [-0.2, 0) is 35.1 Å². The molecule has 7 unspecified atom stereocenters. The van der Waals surface area contributed by atoms with E-state index in [4.69, 9.17) is 4.74 Å². The van der Waals surface area contributed by atoms with Gasteiger partial charge in [-0.3, -0.25) is 28.9 Å². The summed E-state index contributed by atoms with van der Waals surface area (Å²) in [6.45, 7) is 14.0. The van der Waals surface area contributed by atoms with E-state index in [1.807, 2.05) is 106 Å². The Kier molecular flexibility index (Phi) is 19.7. The minimum atomic E-state index is -0.742. The van der Waals surface area contributed by atoms with Crippen LogP contribution in [0.15, 0.2) is 59.5 Å². The highest BCUT2D eigenvalue weighted by Crippen LogP contribution is 2.29. The highest BCUT2D eigenvalue weighted by molar-refractivity contribution is 8.00. The van der Waals surface area contributed by atoms with Crippen LogP contribution in [0.5, 0.6) is 0 Å². The smallest absolute Gasteiger partial charge is 0.245 e. The normalized spacial score (nSPS) is 17.3. The number of nitrogens with zero attached hydrogens (tertiary/aromatic N) is 3. The molecule has 322 valence electrons. The van der Waals surface area contributed by atoms with Crippen molar-refractivity contribution in [1.82, 2.24) is 25.3 Å². The van der Waals surface area contributed by atoms with Crippen LogP contribution >= 0.6 is 11.8 Å². The molecule has 1 fully saturated rings. The summed E-state index contributed by atoms with van der Waals surface area (Å²) in [5, 5.41) is 8.85. The van der Waals surface area contributed by atoms with Gasteiger partial charge in [0.1, 0.15) is 6.04 Å². The van der Waals surface area contributed by atoms with Crippen LogP contribution in [-0.4, -0.2) is 115 Å². The van der Waals surface area contributed by atoms with E-state index in [0.29, 0.717) is 25.1 Å². The number of carbonyl (C=O) groups is 5. The fourth-order valence-electron chi connectivity index (χ4n) is 8.07. The number of thioether (sulfide) groups is 1. The van der Waals surface area contributed by atoms with Crippen LogP contribution in [0.25, 0.3) is 0 Å². The lowest BCUT2D eigenvalue weighted by molar-refractivity contribution is -0.146. The summed E-state index contributed by atoms with van der Waals surface area (Å²) < 4.78 is 6.04. The van der Waals surface area contributed by atoms with Gasteiger partial charge in [-0.1, -0.05) is 78.3 Å². The van der Waals surface area contributed by atoms with E-state index in [9.17, 15) is 24.0 Å². The molecule has 12 nitrogen and oxygen atoms in total. The minimum absolute atomic E-state index is 0.00956. The van der Waals surface area contributed by atoms with Gasteiger partial charge in [0.05, 0.1) is 30.0 Å². The summed E-state index contributed by atoms with van der Waals surface area (Å²) in [5.74, 6) is -0.756. The van der Waals surface area contributed by atoms with E-state index in [1.165, 1.54) is 6.92 Å². The molecule has 3 rings (SSSR count). The summed E-state index contributed by atoms with van der Waals surface area (Å²) in [7, 11) is 7.07. The molecule has 0 radical (unpaired) electrons. The Morgan fingerprint density at radius 2 is 1.57 bits per heavy atom. The number of likely N-dealkylation sites (tertiary alicyclic amines) is 1. The van der Waals surface area contributed by atoms with Crippen molar-refractivity contribution in [3.8, 4) is 0 Å². The quantitative estimate of drug-likeness (QED) is 0.0944. The molecule has 0 spiro atoms. The molecule has 1 aliphatic rings. The Labute approximate surface area is 351 Å². The monoisotopic (exact) mass is 823 g/mol. The van der Waals surface area contributed by atoms with Crippen LogP contribution in [0.2, 0.25) is 0 Å². The second-order valence-electron chi connectivity index (χ2n) is 16.7. The maximum Gasteiger partial charge on any atom is 0.245 e. The van der Waals surface area contributed by atoms with E-state index in [2.05, 4.69) is 29.8 Å². The summed E-state index contributed by atoms with van der Waals surface area (Å²) in [6.07, 6.45) is 3.39. The number of likely N-dealkylation sites (N-methyl/N-ethyl adjacent to an activating group) is 2. The van der Waals surface area contributed by atoms with Gasteiger partial charge in [0, 0.05) is 57.1 Å². The fourth-order valence-corrected chi connectivity index (χ4v) is 9.16. The molecule has 0 saturated carbocycles. The molecule has 1 heterocycles. The van der Waals surface area contributed by atoms with Gasteiger partial charge in [-0.2, -0.15) is 0 Å². The van der Waals surface area contributed by atoms with Gasteiger partial charge in [0.2, 0.25) is 29.5 Å². The lowest BCUT2D eigenvalue weighted by atomic mass is 9.89. The lowest BCUT2D eigenvalue weighted by Crippen LogP contribution is -2.59. The Bertz CT molecular complexity index is 1610. The van der Waals surface area contributed by atoms with Gasteiger partial charge in [-0.05, 0) is 80.9 Å². The zero-order valence-corrected chi connectivity index (χ0v) is 37.6. The van der Waals surface area contributed by atoms with E-state index in [1.54, 1.807) is 30.8 Å². The topological polar surface area (TPSA) is 140 Å². The molecular weight excluding hydrogens is 753 g/mol. The number of methoxy groups -OCH3 is 1. The first-order chi connectivity index (χ1) is 27.5. The molecule has 0 aliphatic carbocycles. The van der Waals surface area contributed by atoms with Crippen molar-refractivity contribution in [1.29, 1.82) is 0 Å². The number of carbonyl (C=O) groups excluding carboxylic acids is 5. The summed E-state index contributed by atoms with van der Waals surface area (Å²) in [5.41, 5.74) is 1.82. The third kappa shape index (κ3) is 14.4. The SMILES string of the molecule is CCC(C)C(C(CC(=O)N1CCCC1CCC(=O)NC(Cc1ccccc1)Sc1ccc(NC(C)=O)cc1)OC)N(C)C(=O)C(NC(=O)C(C(C)C)N(C)C)C(C)C. The van der Waals surface area contributed by atoms with Gasteiger partial charge in [0.25, 0.3) is 0 Å². The molecule has 58 heavy (non-hydrogen) atoms. The van der Waals surface area contributed by atoms with Crippen LogP contribution in [0.3, 0.4) is 0 Å². The number of anilines is 1. The maximum atomic E-state index is 14.2. The number of ether oxygens (including phenoxy) is 1. The number of hydrogen-bond acceptors (Lipinski definition) is 8. The molecular formula is C45H70N6O6S. The lowest BCUT2D eigenvalue weighted by Gasteiger charge is -2.40. The highest BCUT2D eigenvalue weighted by atomic mass is 32.2. The zero-order valence-electron chi connectivity index (χ0n) is 36.7. The van der Waals surface area contributed by atoms with Gasteiger partial charge in [0.15, 0.2) is 0 Å². The second kappa shape index (κ2) is 23.6. The highest BCUT2D eigenvalue weighted by Gasteiger charge is 2.40. The average Bonchev–Trinajstić information content (AvgIpc) is 3.65. The molecule has 2 aromatic carbocycles. The second-order valence-corrected chi connectivity index (χ2v) is 18.0.